The van der Waals surface area contributed by atoms with Crippen molar-refractivity contribution in [1.82, 2.24) is 9.88 Å². The van der Waals surface area contributed by atoms with Gasteiger partial charge in [0.15, 0.2) is 5.13 Å². The van der Waals surface area contributed by atoms with Gasteiger partial charge in [-0.3, -0.25) is 9.69 Å². The van der Waals surface area contributed by atoms with Gasteiger partial charge >= 0.3 is 0 Å². The molecule has 1 heterocycles. The van der Waals surface area contributed by atoms with Crippen LogP contribution in [0.1, 0.15) is 16.8 Å². The Labute approximate surface area is 185 Å². The molecule has 1 amide bonds. The van der Waals surface area contributed by atoms with Crippen molar-refractivity contribution >= 4 is 68.4 Å². The SMILES string of the molecule is CSc1ccc(C(=O)N(CCCN(C)C)c2nc3c(Cl)cccc3s2)cc1.Cl. The zero-order chi connectivity index (χ0) is 19.4. The lowest BCUT2D eigenvalue weighted by Crippen LogP contribution is -2.33. The van der Waals surface area contributed by atoms with Crippen LogP contribution in [0, 0.1) is 0 Å². The Bertz CT molecular complexity index is 929. The Morgan fingerprint density at radius 1 is 1.14 bits per heavy atom. The number of benzene rings is 2. The smallest absolute Gasteiger partial charge is 0.260 e. The van der Waals surface area contributed by atoms with E-state index in [2.05, 4.69) is 9.88 Å². The van der Waals surface area contributed by atoms with Crippen LogP contribution >= 0.6 is 47.1 Å². The molecule has 0 saturated carbocycles. The van der Waals surface area contributed by atoms with E-state index in [4.69, 9.17) is 11.6 Å². The van der Waals surface area contributed by atoms with Crippen molar-refractivity contribution < 1.29 is 4.79 Å². The molecule has 28 heavy (non-hydrogen) atoms. The summed E-state index contributed by atoms with van der Waals surface area (Å²) in [5.74, 6) is -0.0309. The number of carbonyl (C=O) groups is 1. The molecule has 0 aliphatic heterocycles. The van der Waals surface area contributed by atoms with E-state index in [1.54, 1.807) is 16.7 Å². The second-order valence-electron chi connectivity index (χ2n) is 6.43. The minimum atomic E-state index is -0.0309. The third kappa shape index (κ3) is 5.39. The standard InChI is InChI=1S/C20H22ClN3OS2.ClH/c1-23(2)12-5-13-24(19(25)14-8-10-15(26-3)11-9-14)20-22-18-16(21)6-4-7-17(18)27-20;/h4,6-11H,5,12-13H2,1-3H3;1H. The van der Waals surface area contributed by atoms with Crippen LogP contribution in [0.3, 0.4) is 0 Å². The molecule has 0 radical (unpaired) electrons. The monoisotopic (exact) mass is 455 g/mol. The minimum absolute atomic E-state index is 0. The third-order valence-electron chi connectivity index (χ3n) is 4.16. The fourth-order valence-corrected chi connectivity index (χ4v) is 4.44. The first-order valence-electron chi connectivity index (χ1n) is 8.65. The van der Waals surface area contributed by atoms with Gasteiger partial charge in [0.05, 0.1) is 9.72 Å². The lowest BCUT2D eigenvalue weighted by Gasteiger charge is -2.21. The summed E-state index contributed by atoms with van der Waals surface area (Å²) in [6, 6.07) is 13.4. The number of nitrogens with zero attached hydrogens (tertiary/aromatic N) is 3. The number of anilines is 1. The van der Waals surface area contributed by atoms with Gasteiger partial charge in [0.25, 0.3) is 5.91 Å². The quantitative estimate of drug-likeness (QED) is 0.428. The highest BCUT2D eigenvalue weighted by atomic mass is 35.5. The van der Waals surface area contributed by atoms with Gasteiger partial charge in [0, 0.05) is 17.0 Å². The third-order valence-corrected chi connectivity index (χ3v) is 6.25. The largest absolute Gasteiger partial charge is 0.309 e. The van der Waals surface area contributed by atoms with Gasteiger partial charge < -0.3 is 4.90 Å². The molecule has 0 unspecified atom stereocenters. The highest BCUT2D eigenvalue weighted by molar-refractivity contribution is 7.98. The van der Waals surface area contributed by atoms with Crippen LogP contribution < -0.4 is 4.90 Å². The number of fused-ring (bicyclic) bond motifs is 1. The number of thioether (sulfide) groups is 1. The summed E-state index contributed by atoms with van der Waals surface area (Å²) in [6.45, 7) is 1.51. The van der Waals surface area contributed by atoms with E-state index in [1.807, 2.05) is 62.8 Å². The molecule has 1 aromatic heterocycles. The van der Waals surface area contributed by atoms with Gasteiger partial charge in [-0.2, -0.15) is 0 Å². The highest BCUT2D eigenvalue weighted by Gasteiger charge is 2.21. The Kier molecular flexibility index (Phi) is 8.58. The maximum absolute atomic E-state index is 13.2. The zero-order valence-electron chi connectivity index (χ0n) is 16.0. The number of rotatable bonds is 7. The number of halogens is 2. The van der Waals surface area contributed by atoms with Crippen molar-refractivity contribution in [2.24, 2.45) is 0 Å². The summed E-state index contributed by atoms with van der Waals surface area (Å²) >= 11 is 9.44. The molecule has 4 nitrogen and oxygen atoms in total. The molecule has 8 heteroatoms. The Morgan fingerprint density at radius 2 is 1.86 bits per heavy atom. The topological polar surface area (TPSA) is 36.4 Å². The molecule has 0 aliphatic carbocycles. The molecule has 0 fully saturated rings. The van der Waals surface area contributed by atoms with Gasteiger partial charge in [-0.1, -0.05) is 29.0 Å². The molecular weight excluding hydrogens is 433 g/mol. The maximum Gasteiger partial charge on any atom is 0.260 e. The normalized spacial score (nSPS) is 10.9. The first-order valence-corrected chi connectivity index (χ1v) is 11.1. The van der Waals surface area contributed by atoms with Gasteiger partial charge in [0.2, 0.25) is 0 Å². The number of aromatic nitrogens is 1. The average molecular weight is 456 g/mol. The molecule has 0 atom stereocenters. The van der Waals surface area contributed by atoms with Crippen molar-refractivity contribution in [2.45, 2.75) is 11.3 Å². The zero-order valence-corrected chi connectivity index (χ0v) is 19.2. The van der Waals surface area contributed by atoms with Crippen molar-refractivity contribution in [3.05, 3.63) is 53.1 Å². The summed E-state index contributed by atoms with van der Waals surface area (Å²) < 4.78 is 0.987. The van der Waals surface area contributed by atoms with Crippen LogP contribution in [-0.4, -0.2) is 49.2 Å². The molecule has 2 aromatic carbocycles. The number of hydrogen-bond acceptors (Lipinski definition) is 5. The fourth-order valence-electron chi connectivity index (χ4n) is 2.74. The minimum Gasteiger partial charge on any atom is -0.309 e. The molecule has 0 bridgehead atoms. The van der Waals surface area contributed by atoms with Crippen LogP contribution in [0.4, 0.5) is 5.13 Å². The van der Waals surface area contributed by atoms with Crippen LogP contribution in [0.5, 0.6) is 0 Å². The number of hydrogen-bond donors (Lipinski definition) is 0. The van der Waals surface area contributed by atoms with Crippen LogP contribution in [0.25, 0.3) is 10.2 Å². The van der Waals surface area contributed by atoms with Crippen LogP contribution in [-0.2, 0) is 0 Å². The van der Waals surface area contributed by atoms with Gasteiger partial charge in [-0.25, -0.2) is 4.98 Å². The Balaban J connectivity index is 0.00000280. The first kappa shape index (κ1) is 23.0. The second kappa shape index (κ2) is 10.5. The molecule has 0 saturated heterocycles. The van der Waals surface area contributed by atoms with Gasteiger partial charge in [-0.15, -0.1) is 24.2 Å². The van der Waals surface area contributed by atoms with Crippen molar-refractivity contribution in [3.8, 4) is 0 Å². The Hall–Kier alpha value is -1.31. The van der Waals surface area contributed by atoms with Crippen molar-refractivity contribution in [3.63, 3.8) is 0 Å². The number of carbonyl (C=O) groups excluding carboxylic acids is 1. The summed E-state index contributed by atoms with van der Waals surface area (Å²) in [5.41, 5.74) is 1.42. The molecule has 150 valence electrons. The van der Waals surface area contributed by atoms with E-state index in [0.29, 0.717) is 22.3 Å². The molecular formula is C20H23Cl2N3OS2. The van der Waals surface area contributed by atoms with Crippen molar-refractivity contribution in [2.75, 3.05) is 38.3 Å². The molecule has 0 aliphatic rings. The van der Waals surface area contributed by atoms with E-state index in [-0.39, 0.29) is 18.3 Å². The number of amides is 1. The molecule has 0 N–H and O–H groups in total. The molecule has 0 spiro atoms. The van der Waals surface area contributed by atoms with Crippen LogP contribution in [0.2, 0.25) is 5.02 Å². The lowest BCUT2D eigenvalue weighted by molar-refractivity contribution is 0.0986. The maximum atomic E-state index is 13.2. The summed E-state index contributed by atoms with van der Waals surface area (Å²) in [5, 5.41) is 1.30. The summed E-state index contributed by atoms with van der Waals surface area (Å²) in [4.78, 5) is 22.9. The Morgan fingerprint density at radius 3 is 2.46 bits per heavy atom. The van der Waals surface area contributed by atoms with Crippen molar-refractivity contribution in [1.29, 1.82) is 0 Å². The molecule has 3 rings (SSSR count). The second-order valence-corrected chi connectivity index (χ2v) is 8.72. The van der Waals surface area contributed by atoms with E-state index < -0.39 is 0 Å². The van der Waals surface area contributed by atoms with E-state index in [0.717, 1.165) is 28.1 Å². The predicted octanol–water partition coefficient (Wildman–Crippen LogP) is 5.69. The first-order chi connectivity index (χ1) is 13.0. The molecule has 3 aromatic rings. The van der Waals surface area contributed by atoms with Gasteiger partial charge in [0.1, 0.15) is 5.52 Å². The fraction of sp³-hybridized carbons (Fsp3) is 0.300. The highest BCUT2D eigenvalue weighted by Crippen LogP contribution is 2.33. The lowest BCUT2D eigenvalue weighted by atomic mass is 10.2. The predicted molar refractivity (Wildman–Crippen MR) is 125 cm³/mol. The van der Waals surface area contributed by atoms with Gasteiger partial charge in [-0.05, 0) is 69.7 Å². The van der Waals surface area contributed by atoms with E-state index in [1.165, 1.54) is 11.3 Å². The number of thiazole rings is 1. The summed E-state index contributed by atoms with van der Waals surface area (Å²) in [7, 11) is 4.07. The van der Waals surface area contributed by atoms with Crippen LogP contribution in [0.15, 0.2) is 47.4 Å². The summed E-state index contributed by atoms with van der Waals surface area (Å²) in [6.07, 6.45) is 2.89. The van der Waals surface area contributed by atoms with E-state index >= 15 is 0 Å². The van der Waals surface area contributed by atoms with E-state index in [9.17, 15) is 4.79 Å². The average Bonchev–Trinajstić information content (AvgIpc) is 3.10. The number of para-hydroxylation sites is 1.